The summed E-state index contributed by atoms with van der Waals surface area (Å²) >= 11 is 0. The number of rotatable bonds is 4. The summed E-state index contributed by atoms with van der Waals surface area (Å²) in [4.78, 5) is 2.49. The molecule has 2 aromatic heterocycles. The van der Waals surface area contributed by atoms with Crippen LogP contribution < -0.4 is 4.90 Å². The number of furan rings is 1. The molecule has 0 bridgehead atoms. The highest BCUT2D eigenvalue weighted by Crippen LogP contribution is 2.49. The average molecular weight is 653 g/mol. The van der Waals surface area contributed by atoms with Crippen LogP contribution in [0.15, 0.2) is 186 Å². The van der Waals surface area contributed by atoms with Crippen molar-refractivity contribution in [2.45, 2.75) is 12.0 Å². The van der Waals surface area contributed by atoms with E-state index in [0.29, 0.717) is 0 Å². The van der Waals surface area contributed by atoms with Crippen molar-refractivity contribution >= 4 is 60.7 Å². The van der Waals surface area contributed by atoms with Gasteiger partial charge in [0.2, 0.25) is 0 Å². The van der Waals surface area contributed by atoms with Crippen molar-refractivity contribution in [3.05, 3.63) is 193 Å². The van der Waals surface area contributed by atoms with Gasteiger partial charge < -0.3 is 13.9 Å². The van der Waals surface area contributed by atoms with Crippen LogP contribution in [0.2, 0.25) is 0 Å². The second kappa shape index (κ2) is 11.0. The maximum Gasteiger partial charge on any atom is 0.160 e. The number of hydrogen-bond donors (Lipinski definition) is 0. The van der Waals surface area contributed by atoms with Gasteiger partial charge in [-0.15, -0.1) is 0 Å². The molecule has 1 aliphatic heterocycles. The van der Waals surface area contributed by atoms with Gasteiger partial charge in [0, 0.05) is 38.8 Å². The molecule has 3 heterocycles. The number of benzene rings is 7. The Balaban J connectivity index is 1.08. The van der Waals surface area contributed by atoms with Crippen LogP contribution in [0.5, 0.6) is 0 Å². The van der Waals surface area contributed by atoms with Gasteiger partial charge in [0.15, 0.2) is 5.58 Å². The first-order chi connectivity index (χ1) is 25.3. The molecule has 2 aliphatic rings. The largest absolute Gasteiger partial charge is 0.454 e. The second-order valence-corrected chi connectivity index (χ2v) is 13.6. The molecule has 3 heteroatoms. The van der Waals surface area contributed by atoms with E-state index in [1.54, 1.807) is 0 Å². The molecule has 0 saturated carbocycles. The molecular formula is C48H32N2O. The second-order valence-electron chi connectivity index (χ2n) is 13.6. The molecule has 2 atom stereocenters. The van der Waals surface area contributed by atoms with E-state index < -0.39 is 0 Å². The molecule has 7 aromatic carbocycles. The molecule has 51 heavy (non-hydrogen) atoms. The first-order valence-corrected chi connectivity index (χ1v) is 17.7. The van der Waals surface area contributed by atoms with Crippen molar-refractivity contribution in [2.75, 3.05) is 4.90 Å². The molecule has 240 valence electrons. The summed E-state index contributed by atoms with van der Waals surface area (Å²) in [5.74, 6) is 0.267. The predicted octanol–water partition coefficient (Wildman–Crippen LogP) is 12.6. The minimum atomic E-state index is 0.240. The zero-order valence-electron chi connectivity index (χ0n) is 27.8. The average Bonchev–Trinajstić information content (AvgIpc) is 3.86. The van der Waals surface area contributed by atoms with Crippen LogP contribution in [-0.4, -0.2) is 10.6 Å². The van der Waals surface area contributed by atoms with Crippen LogP contribution in [0, 0.1) is 0 Å². The fourth-order valence-corrected chi connectivity index (χ4v) is 8.69. The summed E-state index contributed by atoms with van der Waals surface area (Å²) in [6.07, 6.45) is 7.20. The Hall–Kier alpha value is -6.58. The highest BCUT2D eigenvalue weighted by molar-refractivity contribution is 6.17. The van der Waals surface area contributed by atoms with E-state index in [4.69, 9.17) is 4.42 Å². The minimum absolute atomic E-state index is 0.240. The van der Waals surface area contributed by atoms with Crippen LogP contribution >= 0.6 is 0 Å². The minimum Gasteiger partial charge on any atom is -0.454 e. The first-order valence-electron chi connectivity index (χ1n) is 17.7. The molecule has 0 spiro atoms. The molecule has 9 aromatic rings. The summed E-state index contributed by atoms with van der Waals surface area (Å²) in [6, 6.07) is 59.1. The first kappa shape index (κ1) is 28.3. The summed E-state index contributed by atoms with van der Waals surface area (Å²) in [6.45, 7) is 0. The molecular weight excluding hydrogens is 621 g/mol. The molecule has 0 amide bonds. The summed E-state index contributed by atoms with van der Waals surface area (Å²) in [5.41, 5.74) is 13.9. The Bertz CT molecular complexity index is 2870. The van der Waals surface area contributed by atoms with E-state index >= 15 is 0 Å². The highest BCUT2D eigenvalue weighted by Gasteiger charge is 2.38. The van der Waals surface area contributed by atoms with Gasteiger partial charge >= 0.3 is 0 Å². The van der Waals surface area contributed by atoms with Crippen LogP contribution in [0.4, 0.5) is 11.4 Å². The van der Waals surface area contributed by atoms with Crippen LogP contribution in [-0.2, 0) is 0 Å². The number of fused-ring (bicyclic) bond motifs is 9. The lowest BCUT2D eigenvalue weighted by molar-refractivity contribution is 0.666. The lowest BCUT2D eigenvalue weighted by atomic mass is 9.86. The van der Waals surface area contributed by atoms with Crippen molar-refractivity contribution in [3.8, 4) is 16.8 Å². The molecule has 0 fully saturated rings. The zero-order valence-corrected chi connectivity index (χ0v) is 27.8. The molecule has 2 unspecified atom stereocenters. The molecule has 0 N–H and O–H groups in total. The number of hydrogen-bond acceptors (Lipinski definition) is 2. The maximum atomic E-state index is 6.75. The zero-order chi connectivity index (χ0) is 33.5. The molecule has 3 nitrogen and oxygen atoms in total. The van der Waals surface area contributed by atoms with Crippen molar-refractivity contribution in [1.82, 2.24) is 4.57 Å². The Morgan fingerprint density at radius 2 is 1.25 bits per heavy atom. The van der Waals surface area contributed by atoms with Crippen molar-refractivity contribution in [2.24, 2.45) is 0 Å². The fourth-order valence-electron chi connectivity index (χ4n) is 8.69. The van der Waals surface area contributed by atoms with Gasteiger partial charge in [0.25, 0.3) is 0 Å². The Kier molecular flexibility index (Phi) is 6.08. The third-order valence-electron chi connectivity index (χ3n) is 10.9. The van der Waals surface area contributed by atoms with E-state index in [2.05, 4.69) is 191 Å². The van der Waals surface area contributed by atoms with E-state index in [1.165, 1.54) is 50.0 Å². The van der Waals surface area contributed by atoms with Gasteiger partial charge in [-0.1, -0.05) is 133 Å². The number of allylic oxidation sites excluding steroid dienone is 2. The monoisotopic (exact) mass is 652 g/mol. The SMILES string of the molecule is C1=CC2C(C=C1c1ccc3c(c1)c1ccccc1n3-c1ccc(-c3ccccc3)c3c1oc1ccccc13)c1ccccc1N2c1ccccc1. The van der Waals surface area contributed by atoms with E-state index in [-0.39, 0.29) is 12.0 Å². The molecule has 0 radical (unpaired) electrons. The third-order valence-corrected chi connectivity index (χ3v) is 10.9. The van der Waals surface area contributed by atoms with E-state index in [9.17, 15) is 0 Å². The number of aromatic nitrogens is 1. The standard InChI is InChI=1S/C48H32N2O/c1-3-13-31(14-4-1)35-25-28-45(48-47(35)38-19-9-12-22-46(38)51-48)50-42-21-11-8-18-37(42)40-30-33(24-27-44(40)50)32-23-26-43-39(29-32)36-17-7-10-20-41(36)49(43)34-15-5-2-6-16-34/h1-30,39,43H. The summed E-state index contributed by atoms with van der Waals surface area (Å²) in [5, 5.41) is 4.73. The van der Waals surface area contributed by atoms with Crippen LogP contribution in [0.25, 0.3) is 66.1 Å². The topological polar surface area (TPSA) is 21.3 Å². The molecule has 0 saturated heterocycles. The van der Waals surface area contributed by atoms with E-state index in [0.717, 1.165) is 38.7 Å². The Labute approximate surface area is 295 Å². The third kappa shape index (κ3) is 4.18. The Morgan fingerprint density at radius 1 is 0.529 bits per heavy atom. The van der Waals surface area contributed by atoms with Crippen LogP contribution in [0.3, 0.4) is 0 Å². The van der Waals surface area contributed by atoms with Gasteiger partial charge in [0.05, 0.1) is 22.8 Å². The van der Waals surface area contributed by atoms with Crippen molar-refractivity contribution in [1.29, 1.82) is 0 Å². The number of para-hydroxylation sites is 4. The number of anilines is 2. The van der Waals surface area contributed by atoms with Gasteiger partial charge in [-0.3, -0.25) is 0 Å². The smallest absolute Gasteiger partial charge is 0.160 e. The lowest BCUT2D eigenvalue weighted by Crippen LogP contribution is -2.28. The van der Waals surface area contributed by atoms with Crippen molar-refractivity contribution in [3.63, 3.8) is 0 Å². The van der Waals surface area contributed by atoms with Gasteiger partial charge in [-0.05, 0) is 76.4 Å². The molecule has 11 rings (SSSR count). The van der Waals surface area contributed by atoms with E-state index in [1.807, 2.05) is 0 Å². The summed E-state index contributed by atoms with van der Waals surface area (Å²) in [7, 11) is 0. The molecule has 1 aliphatic carbocycles. The van der Waals surface area contributed by atoms with Gasteiger partial charge in [-0.2, -0.15) is 0 Å². The van der Waals surface area contributed by atoms with Gasteiger partial charge in [0.1, 0.15) is 5.58 Å². The summed E-state index contributed by atoms with van der Waals surface area (Å²) < 4.78 is 9.14. The quantitative estimate of drug-likeness (QED) is 0.189. The predicted molar refractivity (Wildman–Crippen MR) is 212 cm³/mol. The fraction of sp³-hybridized carbons (Fsp3) is 0.0417. The van der Waals surface area contributed by atoms with Gasteiger partial charge in [-0.25, -0.2) is 0 Å². The maximum absolute atomic E-state index is 6.75. The number of nitrogens with zero attached hydrogens (tertiary/aromatic N) is 2. The Morgan fingerprint density at radius 3 is 2.14 bits per heavy atom. The highest BCUT2D eigenvalue weighted by atomic mass is 16.3. The van der Waals surface area contributed by atoms with Crippen molar-refractivity contribution < 1.29 is 4.42 Å². The lowest BCUT2D eigenvalue weighted by Gasteiger charge is -2.29. The van der Waals surface area contributed by atoms with Crippen LogP contribution in [0.1, 0.15) is 17.0 Å². The normalized spacial score (nSPS) is 16.6.